The van der Waals surface area contributed by atoms with Crippen molar-refractivity contribution in [1.29, 1.82) is 0 Å². The van der Waals surface area contributed by atoms with Crippen LogP contribution in [0.1, 0.15) is 13.8 Å². The summed E-state index contributed by atoms with van der Waals surface area (Å²) in [5.74, 6) is -0.0191. The molecule has 1 aromatic rings. The number of aliphatic hydroxyl groups is 1. The van der Waals surface area contributed by atoms with Gasteiger partial charge < -0.3 is 10.8 Å². The Labute approximate surface area is 112 Å². The van der Waals surface area contributed by atoms with Crippen molar-refractivity contribution >= 4 is 27.3 Å². The van der Waals surface area contributed by atoms with E-state index >= 15 is 0 Å². The second-order valence-corrected chi connectivity index (χ2v) is 6.46. The molecule has 18 heavy (non-hydrogen) atoms. The summed E-state index contributed by atoms with van der Waals surface area (Å²) < 4.78 is 26.5. The third-order valence-electron chi connectivity index (χ3n) is 2.59. The Hall–Kier alpha value is -0.820. The second kappa shape index (κ2) is 5.88. The van der Waals surface area contributed by atoms with Gasteiger partial charge in [-0.3, -0.25) is 0 Å². The molecule has 0 fully saturated rings. The van der Waals surface area contributed by atoms with E-state index in [4.69, 9.17) is 22.4 Å². The van der Waals surface area contributed by atoms with Crippen LogP contribution in [-0.2, 0) is 10.0 Å². The lowest BCUT2D eigenvalue weighted by Crippen LogP contribution is -2.41. The zero-order valence-electron chi connectivity index (χ0n) is 10.2. The van der Waals surface area contributed by atoms with Gasteiger partial charge in [-0.1, -0.05) is 25.4 Å². The third-order valence-corrected chi connectivity index (χ3v) is 4.42. The van der Waals surface area contributed by atoms with Crippen molar-refractivity contribution in [2.75, 3.05) is 12.3 Å². The molecule has 7 heteroatoms. The second-order valence-electron chi connectivity index (χ2n) is 4.34. The highest BCUT2D eigenvalue weighted by molar-refractivity contribution is 7.89. The molecule has 0 saturated carbocycles. The highest BCUT2D eigenvalue weighted by Gasteiger charge is 2.22. The molecule has 0 aliphatic heterocycles. The quantitative estimate of drug-likeness (QED) is 0.712. The van der Waals surface area contributed by atoms with Crippen LogP contribution in [-0.4, -0.2) is 26.2 Å². The number of halogens is 1. The lowest BCUT2D eigenvalue weighted by atomic mass is 10.1. The molecule has 0 spiro atoms. The minimum absolute atomic E-state index is 0.0191. The summed E-state index contributed by atoms with van der Waals surface area (Å²) >= 11 is 5.73. The van der Waals surface area contributed by atoms with E-state index < -0.39 is 16.1 Å². The van der Waals surface area contributed by atoms with Crippen LogP contribution >= 0.6 is 11.6 Å². The summed E-state index contributed by atoms with van der Waals surface area (Å²) in [6.45, 7) is 3.37. The Kier molecular flexibility index (Phi) is 4.98. The molecule has 0 aliphatic carbocycles. The Morgan fingerprint density at radius 3 is 2.50 bits per heavy atom. The topological polar surface area (TPSA) is 92.4 Å². The summed E-state index contributed by atoms with van der Waals surface area (Å²) in [5.41, 5.74) is 5.77. The number of hydrogen-bond donors (Lipinski definition) is 3. The summed E-state index contributed by atoms with van der Waals surface area (Å²) in [6, 6.07) is 3.55. The molecule has 0 bridgehead atoms. The van der Waals surface area contributed by atoms with E-state index in [-0.39, 0.29) is 23.1 Å². The number of aliphatic hydroxyl groups excluding tert-OH is 1. The first-order valence-corrected chi connectivity index (χ1v) is 7.32. The van der Waals surface area contributed by atoms with E-state index in [0.717, 1.165) is 0 Å². The number of nitrogens with two attached hydrogens (primary N) is 1. The van der Waals surface area contributed by atoms with E-state index in [2.05, 4.69) is 4.72 Å². The highest BCUT2D eigenvalue weighted by atomic mass is 35.5. The van der Waals surface area contributed by atoms with Crippen molar-refractivity contribution in [2.24, 2.45) is 5.92 Å². The summed E-state index contributed by atoms with van der Waals surface area (Å²) in [6.07, 6.45) is 0. The third kappa shape index (κ3) is 3.58. The molecule has 1 rings (SSSR count). The SMILES string of the molecule is CC(C)[C@@H](CO)NS(=O)(=O)c1ccc(Cl)c(N)c1. The summed E-state index contributed by atoms with van der Waals surface area (Å²) in [5, 5.41) is 9.43. The number of nitrogen functional groups attached to an aromatic ring is 1. The van der Waals surface area contributed by atoms with E-state index in [0.29, 0.717) is 5.02 Å². The lowest BCUT2D eigenvalue weighted by molar-refractivity contribution is 0.227. The fourth-order valence-electron chi connectivity index (χ4n) is 1.34. The predicted molar refractivity (Wildman–Crippen MR) is 71.9 cm³/mol. The number of hydrogen-bond acceptors (Lipinski definition) is 4. The van der Waals surface area contributed by atoms with Gasteiger partial charge >= 0.3 is 0 Å². The van der Waals surface area contributed by atoms with Gasteiger partial charge in [-0.05, 0) is 24.1 Å². The van der Waals surface area contributed by atoms with Crippen molar-refractivity contribution in [3.8, 4) is 0 Å². The van der Waals surface area contributed by atoms with Gasteiger partial charge in [-0.15, -0.1) is 0 Å². The van der Waals surface area contributed by atoms with Gasteiger partial charge in [0.05, 0.1) is 22.2 Å². The average molecular weight is 293 g/mol. The Morgan fingerprint density at radius 2 is 2.06 bits per heavy atom. The van der Waals surface area contributed by atoms with Gasteiger partial charge in [0, 0.05) is 6.04 Å². The van der Waals surface area contributed by atoms with Gasteiger partial charge in [-0.2, -0.15) is 0 Å². The Balaban J connectivity index is 3.02. The molecule has 4 N–H and O–H groups in total. The first kappa shape index (κ1) is 15.2. The van der Waals surface area contributed by atoms with Crippen LogP contribution < -0.4 is 10.5 Å². The summed E-state index contributed by atoms with van der Waals surface area (Å²) in [7, 11) is -3.70. The molecule has 0 unspecified atom stereocenters. The van der Waals surface area contributed by atoms with Crippen molar-refractivity contribution in [3.63, 3.8) is 0 Å². The molecule has 0 aromatic heterocycles. The van der Waals surface area contributed by atoms with Gasteiger partial charge in [0.15, 0.2) is 0 Å². The predicted octanol–water partition coefficient (Wildman–Crippen LogP) is 1.22. The maximum absolute atomic E-state index is 12.0. The highest BCUT2D eigenvalue weighted by Crippen LogP contribution is 2.22. The van der Waals surface area contributed by atoms with Crippen molar-refractivity contribution in [2.45, 2.75) is 24.8 Å². The van der Waals surface area contributed by atoms with E-state index in [1.165, 1.54) is 18.2 Å². The zero-order valence-corrected chi connectivity index (χ0v) is 11.8. The van der Waals surface area contributed by atoms with Crippen LogP contribution in [0.2, 0.25) is 5.02 Å². The number of sulfonamides is 1. The first-order valence-electron chi connectivity index (χ1n) is 5.46. The van der Waals surface area contributed by atoms with Gasteiger partial charge in [0.2, 0.25) is 10.0 Å². The maximum Gasteiger partial charge on any atom is 0.240 e. The van der Waals surface area contributed by atoms with Crippen LogP contribution in [0.4, 0.5) is 5.69 Å². The molecule has 5 nitrogen and oxygen atoms in total. The smallest absolute Gasteiger partial charge is 0.240 e. The Morgan fingerprint density at radius 1 is 1.44 bits per heavy atom. The normalized spacial score (nSPS) is 13.8. The van der Waals surface area contributed by atoms with E-state index in [1.807, 2.05) is 13.8 Å². The molecule has 0 aliphatic rings. The number of nitrogens with one attached hydrogen (secondary N) is 1. The Bertz CT molecular complexity index is 517. The van der Waals surface area contributed by atoms with Crippen molar-refractivity contribution in [3.05, 3.63) is 23.2 Å². The molecular weight excluding hydrogens is 276 g/mol. The number of rotatable bonds is 5. The average Bonchev–Trinajstić information content (AvgIpc) is 2.29. The first-order chi connectivity index (χ1) is 8.27. The minimum atomic E-state index is -3.70. The molecular formula is C11H17ClN2O3S. The standard InChI is InChI=1S/C11H17ClN2O3S/c1-7(2)11(6-15)14-18(16,17)8-3-4-9(12)10(13)5-8/h3-5,7,11,14-15H,6,13H2,1-2H3/t11-/m1/s1. The molecule has 1 atom stereocenters. The largest absolute Gasteiger partial charge is 0.397 e. The van der Waals surface area contributed by atoms with E-state index in [1.54, 1.807) is 0 Å². The van der Waals surface area contributed by atoms with Crippen LogP contribution in [0.5, 0.6) is 0 Å². The number of benzene rings is 1. The van der Waals surface area contributed by atoms with E-state index in [9.17, 15) is 8.42 Å². The lowest BCUT2D eigenvalue weighted by Gasteiger charge is -2.20. The zero-order chi connectivity index (χ0) is 13.9. The van der Waals surface area contributed by atoms with Crippen LogP contribution in [0, 0.1) is 5.92 Å². The van der Waals surface area contributed by atoms with Crippen molar-refractivity contribution in [1.82, 2.24) is 4.72 Å². The maximum atomic E-state index is 12.0. The summed E-state index contributed by atoms with van der Waals surface area (Å²) in [4.78, 5) is 0.0310. The van der Waals surface area contributed by atoms with Crippen LogP contribution in [0.3, 0.4) is 0 Å². The molecule has 0 heterocycles. The molecule has 0 amide bonds. The van der Waals surface area contributed by atoms with Gasteiger partial charge in [0.25, 0.3) is 0 Å². The molecule has 1 aromatic carbocycles. The van der Waals surface area contributed by atoms with Gasteiger partial charge in [0.1, 0.15) is 0 Å². The number of anilines is 1. The molecule has 0 radical (unpaired) electrons. The molecule has 0 saturated heterocycles. The monoisotopic (exact) mass is 292 g/mol. The van der Waals surface area contributed by atoms with Crippen molar-refractivity contribution < 1.29 is 13.5 Å². The minimum Gasteiger partial charge on any atom is -0.397 e. The fraction of sp³-hybridized carbons (Fsp3) is 0.455. The van der Waals surface area contributed by atoms with Gasteiger partial charge in [-0.25, -0.2) is 13.1 Å². The van der Waals surface area contributed by atoms with Crippen LogP contribution in [0.25, 0.3) is 0 Å². The van der Waals surface area contributed by atoms with Crippen LogP contribution in [0.15, 0.2) is 23.1 Å². The fourth-order valence-corrected chi connectivity index (χ4v) is 2.87. The molecule has 102 valence electrons.